The number of aliphatic carboxylic acids is 1. The molecular formula is C11H15NO2. The van der Waals surface area contributed by atoms with E-state index in [4.69, 9.17) is 5.11 Å². The minimum absolute atomic E-state index is 0.596. The molecule has 0 aliphatic carbocycles. The van der Waals surface area contributed by atoms with E-state index < -0.39 is 12.0 Å². The average Bonchev–Trinajstić information content (AvgIpc) is 2.15. The van der Waals surface area contributed by atoms with Crippen LogP contribution in [0, 0.1) is 6.92 Å². The maximum atomic E-state index is 11.0. The van der Waals surface area contributed by atoms with Crippen LogP contribution >= 0.6 is 0 Å². The second-order valence-electron chi connectivity index (χ2n) is 3.19. The van der Waals surface area contributed by atoms with Gasteiger partial charge >= 0.3 is 5.97 Å². The van der Waals surface area contributed by atoms with E-state index in [1.54, 1.807) is 0 Å². The standard InChI is InChI=1S/C11H15NO2/c1-3-12-10(11(13)14)9-7-5-4-6-8(9)2/h4-7,10,12H,3H2,1-2H3,(H,13,14). The van der Waals surface area contributed by atoms with E-state index >= 15 is 0 Å². The summed E-state index contributed by atoms with van der Waals surface area (Å²) >= 11 is 0. The zero-order chi connectivity index (χ0) is 10.6. The Morgan fingerprint density at radius 1 is 1.50 bits per heavy atom. The number of carbonyl (C=O) groups is 1. The molecule has 3 nitrogen and oxygen atoms in total. The number of nitrogens with one attached hydrogen (secondary N) is 1. The summed E-state index contributed by atoms with van der Waals surface area (Å²) in [6.07, 6.45) is 0. The number of carboxylic acids is 1. The first-order valence-electron chi connectivity index (χ1n) is 4.68. The highest BCUT2D eigenvalue weighted by molar-refractivity contribution is 5.76. The van der Waals surface area contributed by atoms with Crippen LogP contribution in [0.4, 0.5) is 0 Å². The molecule has 0 saturated heterocycles. The molecule has 1 unspecified atom stereocenters. The number of carboxylic acid groups (broad SMARTS) is 1. The first kappa shape index (κ1) is 10.7. The van der Waals surface area contributed by atoms with E-state index in [1.807, 2.05) is 38.1 Å². The van der Waals surface area contributed by atoms with Gasteiger partial charge in [-0.15, -0.1) is 0 Å². The maximum absolute atomic E-state index is 11.0. The van der Waals surface area contributed by atoms with Gasteiger partial charge in [0.2, 0.25) is 0 Å². The van der Waals surface area contributed by atoms with Crippen molar-refractivity contribution in [2.45, 2.75) is 19.9 Å². The van der Waals surface area contributed by atoms with E-state index in [2.05, 4.69) is 5.32 Å². The molecule has 0 aliphatic heterocycles. The largest absolute Gasteiger partial charge is 0.480 e. The van der Waals surface area contributed by atoms with Crippen LogP contribution in [0.2, 0.25) is 0 Å². The monoisotopic (exact) mass is 193 g/mol. The van der Waals surface area contributed by atoms with Crippen molar-refractivity contribution in [3.05, 3.63) is 35.4 Å². The third kappa shape index (κ3) is 2.33. The van der Waals surface area contributed by atoms with Gasteiger partial charge in [-0.25, -0.2) is 0 Å². The van der Waals surface area contributed by atoms with Crippen molar-refractivity contribution in [1.82, 2.24) is 5.32 Å². The number of rotatable bonds is 4. The quantitative estimate of drug-likeness (QED) is 0.765. The highest BCUT2D eigenvalue weighted by Gasteiger charge is 2.19. The Balaban J connectivity index is 2.99. The van der Waals surface area contributed by atoms with Crippen molar-refractivity contribution in [2.24, 2.45) is 0 Å². The number of benzene rings is 1. The lowest BCUT2D eigenvalue weighted by Gasteiger charge is -2.15. The fraction of sp³-hybridized carbons (Fsp3) is 0.364. The molecule has 3 heteroatoms. The van der Waals surface area contributed by atoms with Gasteiger partial charge in [-0.2, -0.15) is 0 Å². The topological polar surface area (TPSA) is 49.3 Å². The van der Waals surface area contributed by atoms with Gasteiger partial charge in [0.05, 0.1) is 0 Å². The summed E-state index contributed by atoms with van der Waals surface area (Å²) in [5.41, 5.74) is 1.84. The number of likely N-dealkylation sites (N-methyl/N-ethyl adjacent to an activating group) is 1. The molecule has 0 heterocycles. The van der Waals surface area contributed by atoms with Crippen molar-refractivity contribution >= 4 is 5.97 Å². The third-order valence-corrected chi connectivity index (χ3v) is 2.15. The lowest BCUT2D eigenvalue weighted by molar-refractivity contribution is -0.139. The van der Waals surface area contributed by atoms with Crippen LogP contribution in [-0.4, -0.2) is 17.6 Å². The van der Waals surface area contributed by atoms with E-state index in [9.17, 15) is 4.79 Å². The van der Waals surface area contributed by atoms with Gasteiger partial charge in [-0.05, 0) is 24.6 Å². The van der Waals surface area contributed by atoms with Crippen LogP contribution in [0.1, 0.15) is 24.1 Å². The summed E-state index contributed by atoms with van der Waals surface area (Å²) in [6.45, 7) is 4.46. The Hall–Kier alpha value is -1.35. The first-order valence-corrected chi connectivity index (χ1v) is 4.68. The molecule has 0 amide bonds. The van der Waals surface area contributed by atoms with Crippen LogP contribution in [0.15, 0.2) is 24.3 Å². The molecule has 76 valence electrons. The minimum Gasteiger partial charge on any atom is -0.480 e. The first-order chi connectivity index (χ1) is 6.66. The number of hydrogen-bond acceptors (Lipinski definition) is 2. The Kier molecular flexibility index (Phi) is 3.65. The molecule has 0 bridgehead atoms. The summed E-state index contributed by atoms with van der Waals surface area (Å²) < 4.78 is 0. The Morgan fingerprint density at radius 3 is 2.64 bits per heavy atom. The molecule has 2 N–H and O–H groups in total. The fourth-order valence-electron chi connectivity index (χ4n) is 1.45. The molecule has 0 fully saturated rings. The molecule has 14 heavy (non-hydrogen) atoms. The summed E-state index contributed by atoms with van der Waals surface area (Å²) in [5.74, 6) is -0.832. The van der Waals surface area contributed by atoms with Crippen molar-refractivity contribution in [3.63, 3.8) is 0 Å². The second kappa shape index (κ2) is 4.77. The van der Waals surface area contributed by atoms with E-state index in [-0.39, 0.29) is 0 Å². The van der Waals surface area contributed by atoms with Crippen LogP contribution in [0.3, 0.4) is 0 Å². The Labute approximate surface area is 83.8 Å². The Bertz CT molecular complexity index is 323. The van der Waals surface area contributed by atoms with E-state index in [1.165, 1.54) is 0 Å². The van der Waals surface area contributed by atoms with Crippen LogP contribution in [0.25, 0.3) is 0 Å². The highest BCUT2D eigenvalue weighted by Crippen LogP contribution is 2.17. The normalized spacial score (nSPS) is 12.4. The molecule has 0 aliphatic rings. The van der Waals surface area contributed by atoms with Crippen LogP contribution in [-0.2, 0) is 4.79 Å². The average molecular weight is 193 g/mol. The molecule has 1 rings (SSSR count). The molecule has 1 atom stereocenters. The lowest BCUT2D eigenvalue weighted by atomic mass is 10.0. The second-order valence-corrected chi connectivity index (χ2v) is 3.19. The van der Waals surface area contributed by atoms with Crippen molar-refractivity contribution in [1.29, 1.82) is 0 Å². The molecule has 0 aromatic heterocycles. The highest BCUT2D eigenvalue weighted by atomic mass is 16.4. The fourth-order valence-corrected chi connectivity index (χ4v) is 1.45. The van der Waals surface area contributed by atoms with Gasteiger partial charge in [0.25, 0.3) is 0 Å². The zero-order valence-corrected chi connectivity index (χ0v) is 8.45. The van der Waals surface area contributed by atoms with Gasteiger partial charge in [0, 0.05) is 0 Å². The van der Waals surface area contributed by atoms with Crippen molar-refractivity contribution < 1.29 is 9.90 Å². The van der Waals surface area contributed by atoms with Gasteiger partial charge in [-0.3, -0.25) is 4.79 Å². The smallest absolute Gasteiger partial charge is 0.325 e. The van der Waals surface area contributed by atoms with Crippen molar-refractivity contribution in [3.8, 4) is 0 Å². The predicted octanol–water partition coefficient (Wildman–Crippen LogP) is 1.73. The maximum Gasteiger partial charge on any atom is 0.325 e. The van der Waals surface area contributed by atoms with Crippen molar-refractivity contribution in [2.75, 3.05) is 6.54 Å². The molecule has 0 radical (unpaired) electrons. The molecule has 1 aromatic carbocycles. The SMILES string of the molecule is CCNC(C(=O)O)c1ccccc1C. The number of aryl methyl sites for hydroxylation is 1. The Morgan fingerprint density at radius 2 is 2.14 bits per heavy atom. The molecule has 1 aromatic rings. The van der Waals surface area contributed by atoms with Gasteiger partial charge in [-0.1, -0.05) is 31.2 Å². The lowest BCUT2D eigenvalue weighted by Crippen LogP contribution is -2.28. The molecule has 0 saturated carbocycles. The number of hydrogen-bond donors (Lipinski definition) is 2. The summed E-state index contributed by atoms with van der Waals surface area (Å²) in [4.78, 5) is 11.0. The zero-order valence-electron chi connectivity index (χ0n) is 8.45. The molecular weight excluding hydrogens is 178 g/mol. The van der Waals surface area contributed by atoms with Gasteiger partial charge in [0.15, 0.2) is 0 Å². The summed E-state index contributed by atoms with van der Waals surface area (Å²) in [6, 6.07) is 6.93. The van der Waals surface area contributed by atoms with Crippen LogP contribution in [0.5, 0.6) is 0 Å². The third-order valence-electron chi connectivity index (χ3n) is 2.15. The van der Waals surface area contributed by atoms with E-state index in [0.717, 1.165) is 11.1 Å². The van der Waals surface area contributed by atoms with Gasteiger partial charge in [0.1, 0.15) is 6.04 Å². The summed E-state index contributed by atoms with van der Waals surface area (Å²) in [5, 5.41) is 12.0. The molecule has 0 spiro atoms. The predicted molar refractivity (Wildman–Crippen MR) is 55.2 cm³/mol. The minimum atomic E-state index is -0.832. The van der Waals surface area contributed by atoms with Crippen LogP contribution < -0.4 is 5.32 Å². The summed E-state index contributed by atoms with van der Waals surface area (Å²) in [7, 11) is 0. The van der Waals surface area contributed by atoms with E-state index in [0.29, 0.717) is 6.54 Å². The van der Waals surface area contributed by atoms with Gasteiger partial charge < -0.3 is 10.4 Å².